The summed E-state index contributed by atoms with van der Waals surface area (Å²) in [4.78, 5) is 44.1. The van der Waals surface area contributed by atoms with Gasteiger partial charge in [0.2, 0.25) is 0 Å². The molecular formula is C31H34IN3O9S. The number of ether oxygens (including phenoxy) is 6. The summed E-state index contributed by atoms with van der Waals surface area (Å²) >= 11 is 3.25. The zero-order valence-electron chi connectivity index (χ0n) is 25.5. The van der Waals surface area contributed by atoms with Crippen molar-refractivity contribution in [3.05, 3.63) is 76.0 Å². The molecule has 0 fully saturated rings. The third kappa shape index (κ3) is 7.50. The molecule has 0 aliphatic carbocycles. The summed E-state index contributed by atoms with van der Waals surface area (Å²) in [5.41, 5.74) is 6.70. The fourth-order valence-corrected chi connectivity index (χ4v) is 6.58. The van der Waals surface area contributed by atoms with Gasteiger partial charge >= 0.3 is 5.97 Å². The van der Waals surface area contributed by atoms with Crippen molar-refractivity contribution in [1.29, 1.82) is 0 Å². The molecule has 1 aliphatic heterocycles. The molecule has 1 atom stereocenters. The quantitative estimate of drug-likeness (QED) is 0.149. The average molecular weight is 752 g/mol. The number of nitrogens with two attached hydrogens (primary N) is 1. The van der Waals surface area contributed by atoms with Crippen molar-refractivity contribution in [3.63, 3.8) is 0 Å². The molecule has 4 rings (SSSR count). The highest BCUT2D eigenvalue weighted by molar-refractivity contribution is 14.1. The lowest BCUT2D eigenvalue weighted by atomic mass is 9.94. The molecule has 2 heterocycles. The molecule has 240 valence electrons. The summed E-state index contributed by atoms with van der Waals surface area (Å²) in [5, 5.41) is 0. The van der Waals surface area contributed by atoms with Crippen LogP contribution in [0.15, 0.2) is 51.4 Å². The number of hydrogen-bond acceptors (Lipinski definition) is 11. The Morgan fingerprint density at radius 1 is 1.07 bits per heavy atom. The number of para-hydroxylation sites is 1. The molecule has 0 saturated carbocycles. The Kier molecular flexibility index (Phi) is 11.6. The number of thiazole rings is 1. The lowest BCUT2D eigenvalue weighted by Crippen LogP contribution is -2.40. The number of primary amides is 1. The van der Waals surface area contributed by atoms with E-state index in [9.17, 15) is 14.4 Å². The van der Waals surface area contributed by atoms with E-state index in [1.165, 1.54) is 30.1 Å². The van der Waals surface area contributed by atoms with Crippen molar-refractivity contribution in [2.24, 2.45) is 10.7 Å². The number of benzene rings is 2. The largest absolute Gasteiger partial charge is 0.493 e. The van der Waals surface area contributed by atoms with Gasteiger partial charge < -0.3 is 34.2 Å². The van der Waals surface area contributed by atoms with Crippen LogP contribution in [-0.2, 0) is 19.1 Å². The van der Waals surface area contributed by atoms with Crippen LogP contribution in [0.4, 0.5) is 0 Å². The summed E-state index contributed by atoms with van der Waals surface area (Å²) in [7, 11) is 3.03. The van der Waals surface area contributed by atoms with E-state index >= 15 is 0 Å². The highest BCUT2D eigenvalue weighted by Gasteiger charge is 2.36. The number of esters is 1. The van der Waals surface area contributed by atoms with E-state index < -0.39 is 17.9 Å². The van der Waals surface area contributed by atoms with Gasteiger partial charge in [-0.2, -0.15) is 0 Å². The Morgan fingerprint density at radius 3 is 2.49 bits per heavy atom. The molecule has 1 aliphatic rings. The van der Waals surface area contributed by atoms with Crippen LogP contribution in [0.1, 0.15) is 37.9 Å². The van der Waals surface area contributed by atoms with Crippen molar-refractivity contribution in [2.45, 2.75) is 26.8 Å². The number of carbonyl (C=O) groups excluding carboxylic acids is 2. The van der Waals surface area contributed by atoms with E-state index in [1.54, 1.807) is 43.3 Å². The lowest BCUT2D eigenvalue weighted by molar-refractivity contribution is -0.140. The van der Waals surface area contributed by atoms with E-state index in [2.05, 4.69) is 27.6 Å². The number of amides is 1. The highest BCUT2D eigenvalue weighted by atomic mass is 127. The van der Waals surface area contributed by atoms with Gasteiger partial charge in [-0.25, -0.2) is 9.79 Å². The maximum atomic E-state index is 14.2. The number of methoxy groups -OCH3 is 2. The molecule has 1 amide bonds. The van der Waals surface area contributed by atoms with Gasteiger partial charge in [0, 0.05) is 12.7 Å². The second-order valence-corrected chi connectivity index (χ2v) is 11.7. The minimum Gasteiger partial charge on any atom is -0.493 e. The molecule has 2 aromatic carbocycles. The molecule has 0 bridgehead atoms. The first-order chi connectivity index (χ1) is 21.6. The predicted octanol–water partition coefficient (Wildman–Crippen LogP) is 2.70. The van der Waals surface area contributed by atoms with Crippen LogP contribution in [-0.4, -0.2) is 63.7 Å². The maximum absolute atomic E-state index is 14.2. The van der Waals surface area contributed by atoms with Crippen LogP contribution in [0, 0.1) is 3.57 Å². The van der Waals surface area contributed by atoms with Gasteiger partial charge in [-0.15, -0.1) is 0 Å². The smallest absolute Gasteiger partial charge is 0.338 e. The normalized spacial score (nSPS) is 14.4. The van der Waals surface area contributed by atoms with Crippen molar-refractivity contribution < 1.29 is 38.0 Å². The standard InChI is InChI=1S/C31H34IN3O9S/c1-6-41-22-14-18(13-20(32)28(22)44-16-24(33)36)15-23-29(37)35-26(19-9-8-10-21(40-5)27(19)42-7-2)25(17(3)34-31(35)45-23)30(38)43-12-11-39-4/h8-10,13-15,26H,6-7,11-12,16H2,1-5H3,(H2,33,36)/b23-15+/t26-/m0/s1. The average Bonchev–Trinajstić information content (AvgIpc) is 3.30. The monoisotopic (exact) mass is 751 g/mol. The summed E-state index contributed by atoms with van der Waals surface area (Å²) < 4.78 is 36.0. The van der Waals surface area contributed by atoms with Gasteiger partial charge in [-0.05, 0) is 73.2 Å². The van der Waals surface area contributed by atoms with Gasteiger partial charge in [-0.3, -0.25) is 14.2 Å². The minimum atomic E-state index is -0.918. The first-order valence-corrected chi connectivity index (χ1v) is 15.9. The predicted molar refractivity (Wildman–Crippen MR) is 176 cm³/mol. The van der Waals surface area contributed by atoms with Crippen LogP contribution >= 0.6 is 33.9 Å². The van der Waals surface area contributed by atoms with Crippen LogP contribution in [0.2, 0.25) is 0 Å². The molecular weight excluding hydrogens is 717 g/mol. The first kappa shape index (κ1) is 34.0. The fourth-order valence-electron chi connectivity index (χ4n) is 4.75. The minimum absolute atomic E-state index is 0.0274. The van der Waals surface area contributed by atoms with Gasteiger partial charge in [0.1, 0.15) is 12.6 Å². The molecule has 2 N–H and O–H groups in total. The maximum Gasteiger partial charge on any atom is 0.338 e. The molecule has 3 aromatic rings. The van der Waals surface area contributed by atoms with Crippen molar-refractivity contribution in [3.8, 4) is 23.0 Å². The summed E-state index contributed by atoms with van der Waals surface area (Å²) in [6.07, 6.45) is 1.72. The van der Waals surface area contributed by atoms with Gasteiger partial charge in [0.15, 0.2) is 34.4 Å². The Morgan fingerprint density at radius 2 is 1.82 bits per heavy atom. The van der Waals surface area contributed by atoms with Gasteiger partial charge in [-0.1, -0.05) is 23.5 Å². The van der Waals surface area contributed by atoms with Crippen molar-refractivity contribution >= 4 is 51.9 Å². The van der Waals surface area contributed by atoms with Gasteiger partial charge in [0.25, 0.3) is 11.5 Å². The zero-order valence-corrected chi connectivity index (χ0v) is 28.5. The molecule has 0 unspecified atom stereocenters. The molecule has 45 heavy (non-hydrogen) atoms. The summed E-state index contributed by atoms with van der Waals surface area (Å²) in [6.45, 7) is 5.97. The SMILES string of the molecule is CCOc1cc(/C=c2/sc3n(c2=O)[C@@H](c2cccc(OC)c2OCC)C(C(=O)OCCOC)=C(C)N=3)cc(I)c1OCC(N)=O. The highest BCUT2D eigenvalue weighted by Crippen LogP contribution is 2.41. The number of nitrogens with zero attached hydrogens (tertiary/aromatic N) is 2. The van der Waals surface area contributed by atoms with Crippen LogP contribution < -0.4 is 39.6 Å². The van der Waals surface area contributed by atoms with Gasteiger partial charge in [0.05, 0.1) is 46.3 Å². The molecule has 0 saturated heterocycles. The number of halogens is 1. The molecule has 14 heteroatoms. The number of aromatic nitrogens is 1. The second-order valence-electron chi connectivity index (χ2n) is 9.54. The third-order valence-corrected chi connectivity index (χ3v) is 8.35. The Balaban J connectivity index is 1.93. The summed E-state index contributed by atoms with van der Waals surface area (Å²) in [6, 6.07) is 7.91. The molecule has 12 nitrogen and oxygen atoms in total. The number of fused-ring (bicyclic) bond motifs is 1. The Labute approximate surface area is 277 Å². The van der Waals surface area contributed by atoms with E-state index in [1.807, 2.05) is 13.8 Å². The summed E-state index contributed by atoms with van der Waals surface area (Å²) in [5.74, 6) is 0.395. The van der Waals surface area contributed by atoms with E-state index in [4.69, 9.17) is 34.2 Å². The fraction of sp³-hybridized carbons (Fsp3) is 0.355. The Bertz CT molecular complexity index is 1800. The van der Waals surface area contributed by atoms with Crippen LogP contribution in [0.3, 0.4) is 0 Å². The molecule has 0 radical (unpaired) electrons. The molecule has 1 aromatic heterocycles. The second kappa shape index (κ2) is 15.4. The van der Waals surface area contributed by atoms with E-state index in [-0.39, 0.29) is 31.0 Å². The Hall–Kier alpha value is -3.89. The number of allylic oxidation sites excluding steroid dienone is 1. The van der Waals surface area contributed by atoms with E-state index in [0.717, 1.165) is 0 Å². The topological polar surface area (TPSA) is 150 Å². The number of rotatable bonds is 14. The van der Waals surface area contributed by atoms with Crippen molar-refractivity contribution in [1.82, 2.24) is 4.57 Å². The molecule has 0 spiro atoms. The number of hydrogen-bond donors (Lipinski definition) is 1. The van der Waals surface area contributed by atoms with E-state index in [0.29, 0.717) is 65.9 Å². The van der Waals surface area contributed by atoms with Crippen LogP contribution in [0.5, 0.6) is 23.0 Å². The van der Waals surface area contributed by atoms with Crippen molar-refractivity contribution in [2.75, 3.05) is 47.3 Å². The third-order valence-electron chi connectivity index (χ3n) is 6.56. The number of carbonyl (C=O) groups is 2. The lowest BCUT2D eigenvalue weighted by Gasteiger charge is -2.27. The first-order valence-electron chi connectivity index (χ1n) is 14.0. The van der Waals surface area contributed by atoms with Crippen LogP contribution in [0.25, 0.3) is 6.08 Å². The zero-order chi connectivity index (χ0) is 32.7.